The molecule has 70 valence electrons. The van der Waals surface area contributed by atoms with E-state index in [1.165, 1.54) is 0 Å². The lowest BCUT2D eigenvalue weighted by Crippen LogP contribution is -1.95. The molecule has 13 heavy (non-hydrogen) atoms. The van der Waals surface area contributed by atoms with Gasteiger partial charge in [-0.05, 0) is 18.2 Å². The predicted molar refractivity (Wildman–Crippen MR) is 55.7 cm³/mol. The van der Waals surface area contributed by atoms with Crippen molar-refractivity contribution in [3.8, 4) is 5.75 Å². The van der Waals surface area contributed by atoms with Gasteiger partial charge in [0.25, 0.3) is 0 Å². The Morgan fingerprint density at radius 1 is 1.62 bits per heavy atom. The number of aldehydes is 1. The predicted octanol–water partition coefficient (Wildman–Crippen LogP) is 2.98. The third kappa shape index (κ3) is 2.45. The molecule has 0 amide bonds. The molecule has 0 saturated heterocycles. The number of ether oxygens (including phenoxy) is 1. The number of hydrogen-bond acceptors (Lipinski definition) is 2. The van der Waals surface area contributed by atoms with E-state index in [1.54, 1.807) is 25.3 Å². The smallest absolute Gasteiger partial charge is 0.138 e. The molecular weight excluding hydrogens is 255 g/mol. The van der Waals surface area contributed by atoms with Crippen LogP contribution in [0.4, 0.5) is 0 Å². The van der Waals surface area contributed by atoms with Crippen molar-refractivity contribution in [3.05, 3.63) is 28.8 Å². The molecule has 1 atom stereocenters. The third-order valence-corrected chi connectivity index (χ3v) is 2.55. The zero-order chi connectivity index (χ0) is 9.84. The van der Waals surface area contributed by atoms with Crippen molar-refractivity contribution in [1.82, 2.24) is 0 Å². The molecule has 0 aliphatic heterocycles. The Morgan fingerprint density at radius 3 is 2.85 bits per heavy atom. The second kappa shape index (κ2) is 4.63. The molecular formula is C9H8BrClO2. The number of rotatable bonds is 3. The number of hydrogen-bond donors (Lipinski definition) is 0. The Labute approximate surface area is 90.0 Å². The van der Waals surface area contributed by atoms with Crippen LogP contribution in [0.25, 0.3) is 0 Å². The highest BCUT2D eigenvalue weighted by Crippen LogP contribution is 2.31. The average molecular weight is 264 g/mol. The molecule has 0 radical (unpaired) electrons. The molecule has 0 bridgehead atoms. The minimum Gasteiger partial charge on any atom is -0.496 e. The van der Waals surface area contributed by atoms with Crippen molar-refractivity contribution in [2.75, 3.05) is 7.11 Å². The van der Waals surface area contributed by atoms with Crippen LogP contribution in [0.1, 0.15) is 10.4 Å². The van der Waals surface area contributed by atoms with Crippen LogP contribution >= 0.6 is 27.5 Å². The highest BCUT2D eigenvalue weighted by molar-refractivity contribution is 9.09. The minimum absolute atomic E-state index is 0.374. The lowest BCUT2D eigenvalue weighted by Gasteiger charge is -2.09. The summed E-state index contributed by atoms with van der Waals surface area (Å²) in [5.74, 6) is 0.651. The van der Waals surface area contributed by atoms with Crippen molar-refractivity contribution in [1.29, 1.82) is 0 Å². The van der Waals surface area contributed by atoms with Gasteiger partial charge in [-0.25, -0.2) is 0 Å². The van der Waals surface area contributed by atoms with Gasteiger partial charge in [-0.15, -0.1) is 0 Å². The fraction of sp³-hybridized carbons (Fsp3) is 0.222. The Balaban J connectivity index is 3.14. The Morgan fingerprint density at radius 2 is 2.31 bits per heavy atom. The van der Waals surface area contributed by atoms with Gasteiger partial charge >= 0.3 is 0 Å². The van der Waals surface area contributed by atoms with E-state index in [1.807, 2.05) is 0 Å². The number of carbonyl (C=O) groups excluding carboxylic acids is 1. The molecule has 0 spiro atoms. The van der Waals surface area contributed by atoms with Crippen molar-refractivity contribution in [2.45, 2.75) is 4.83 Å². The summed E-state index contributed by atoms with van der Waals surface area (Å²) in [5, 5.41) is 0.585. The zero-order valence-corrected chi connectivity index (χ0v) is 9.30. The quantitative estimate of drug-likeness (QED) is 0.619. The first kappa shape index (κ1) is 10.5. The van der Waals surface area contributed by atoms with Crippen LogP contribution in [0.15, 0.2) is 18.2 Å². The molecule has 0 heterocycles. The van der Waals surface area contributed by atoms with E-state index >= 15 is 0 Å². The van der Waals surface area contributed by atoms with E-state index in [0.29, 0.717) is 10.8 Å². The second-order valence-electron chi connectivity index (χ2n) is 2.42. The van der Waals surface area contributed by atoms with Crippen LogP contribution in [-0.4, -0.2) is 13.4 Å². The molecule has 1 aromatic rings. The van der Waals surface area contributed by atoms with Gasteiger partial charge in [0.2, 0.25) is 0 Å². The van der Waals surface area contributed by atoms with Crippen LogP contribution in [0, 0.1) is 0 Å². The Kier molecular flexibility index (Phi) is 3.75. The lowest BCUT2D eigenvalue weighted by molar-refractivity contribution is -0.107. The van der Waals surface area contributed by atoms with Crippen molar-refractivity contribution in [2.24, 2.45) is 0 Å². The number of benzene rings is 1. The molecule has 1 rings (SSSR count). The molecule has 0 fully saturated rings. The Hall–Kier alpha value is -0.540. The first-order valence-corrected chi connectivity index (χ1v) is 4.91. The first-order chi connectivity index (χ1) is 6.19. The van der Waals surface area contributed by atoms with Gasteiger partial charge in [0.1, 0.15) is 12.0 Å². The molecule has 1 aromatic carbocycles. The zero-order valence-electron chi connectivity index (χ0n) is 6.96. The standard InChI is InChI=1S/C9H8BrClO2/c1-13-9-3-2-6(11)4-7(9)8(10)5-12/h2-5,8H,1H3. The molecule has 0 N–H and O–H groups in total. The van der Waals surface area contributed by atoms with Gasteiger partial charge in [0.05, 0.1) is 11.9 Å². The second-order valence-corrected chi connectivity index (χ2v) is 3.85. The van der Waals surface area contributed by atoms with Crippen LogP contribution in [0.2, 0.25) is 5.02 Å². The van der Waals surface area contributed by atoms with E-state index < -0.39 is 0 Å². The van der Waals surface area contributed by atoms with Gasteiger partial charge < -0.3 is 9.53 Å². The SMILES string of the molecule is COc1ccc(Cl)cc1C(Br)C=O. The van der Waals surface area contributed by atoms with Crippen LogP contribution in [-0.2, 0) is 4.79 Å². The molecule has 1 unspecified atom stereocenters. The molecule has 0 aliphatic rings. The van der Waals surface area contributed by atoms with Crippen molar-refractivity contribution >= 4 is 33.8 Å². The fourth-order valence-electron chi connectivity index (χ4n) is 0.994. The average Bonchev–Trinajstić information content (AvgIpc) is 2.16. The maximum Gasteiger partial charge on any atom is 0.138 e. The minimum atomic E-state index is -0.374. The summed E-state index contributed by atoms with van der Waals surface area (Å²) >= 11 is 8.99. The number of halogens is 2. The van der Waals surface area contributed by atoms with E-state index in [9.17, 15) is 4.79 Å². The summed E-state index contributed by atoms with van der Waals surface area (Å²) in [6.07, 6.45) is 0.786. The van der Waals surface area contributed by atoms with Crippen molar-refractivity contribution < 1.29 is 9.53 Å². The topological polar surface area (TPSA) is 26.3 Å². The van der Waals surface area contributed by atoms with Gasteiger partial charge in [0, 0.05) is 10.6 Å². The highest BCUT2D eigenvalue weighted by Gasteiger charge is 2.12. The largest absolute Gasteiger partial charge is 0.496 e. The summed E-state index contributed by atoms with van der Waals surface area (Å²) in [7, 11) is 1.55. The summed E-state index contributed by atoms with van der Waals surface area (Å²) in [6.45, 7) is 0. The third-order valence-electron chi connectivity index (χ3n) is 1.61. The van der Waals surface area contributed by atoms with Crippen LogP contribution in [0.5, 0.6) is 5.75 Å². The maximum atomic E-state index is 10.5. The van der Waals surface area contributed by atoms with Crippen molar-refractivity contribution in [3.63, 3.8) is 0 Å². The summed E-state index contributed by atoms with van der Waals surface area (Å²) < 4.78 is 5.08. The van der Waals surface area contributed by atoms with E-state index in [2.05, 4.69) is 15.9 Å². The first-order valence-electron chi connectivity index (χ1n) is 3.62. The normalized spacial score (nSPS) is 12.2. The van der Waals surface area contributed by atoms with Crippen LogP contribution < -0.4 is 4.74 Å². The number of carbonyl (C=O) groups is 1. The molecule has 4 heteroatoms. The summed E-state index contributed by atoms with van der Waals surface area (Å²) in [5.41, 5.74) is 0.741. The van der Waals surface area contributed by atoms with Gasteiger partial charge in [0.15, 0.2) is 0 Å². The molecule has 0 saturated carbocycles. The molecule has 0 aromatic heterocycles. The number of alkyl halides is 1. The van der Waals surface area contributed by atoms with Gasteiger partial charge in [-0.1, -0.05) is 27.5 Å². The Bertz CT molecular complexity index is 314. The summed E-state index contributed by atoms with van der Waals surface area (Å²) in [6, 6.07) is 5.15. The van der Waals surface area contributed by atoms with Crippen LogP contribution in [0.3, 0.4) is 0 Å². The maximum absolute atomic E-state index is 10.5. The van der Waals surface area contributed by atoms with E-state index in [0.717, 1.165) is 11.8 Å². The van der Waals surface area contributed by atoms with E-state index in [-0.39, 0.29) is 4.83 Å². The number of methoxy groups -OCH3 is 1. The lowest BCUT2D eigenvalue weighted by atomic mass is 10.1. The van der Waals surface area contributed by atoms with Gasteiger partial charge in [-0.2, -0.15) is 0 Å². The summed E-state index contributed by atoms with van der Waals surface area (Å²) in [4.78, 5) is 10.2. The monoisotopic (exact) mass is 262 g/mol. The highest BCUT2D eigenvalue weighted by atomic mass is 79.9. The fourth-order valence-corrected chi connectivity index (χ4v) is 1.53. The van der Waals surface area contributed by atoms with Gasteiger partial charge in [-0.3, -0.25) is 0 Å². The molecule has 2 nitrogen and oxygen atoms in total. The van der Waals surface area contributed by atoms with E-state index in [4.69, 9.17) is 16.3 Å². The molecule has 0 aliphatic carbocycles.